The lowest BCUT2D eigenvalue weighted by Gasteiger charge is -2.19. The molecule has 1 aliphatic heterocycles. The third-order valence-corrected chi connectivity index (χ3v) is 5.16. The van der Waals surface area contributed by atoms with Crippen molar-refractivity contribution in [1.82, 2.24) is 4.98 Å². The number of carbonyl (C=O) groups is 1. The lowest BCUT2D eigenvalue weighted by atomic mass is 9.90. The first-order valence-corrected chi connectivity index (χ1v) is 9.23. The maximum absolute atomic E-state index is 12.8. The molecule has 1 unspecified atom stereocenters. The summed E-state index contributed by atoms with van der Waals surface area (Å²) in [5, 5.41) is 4.79. The molecule has 2 aromatic rings. The standard InChI is InChI=1S/C17H19N3O3S/c1-11(2)14-10-20(15-6-4-3-5-13(14)15)17(21)12-7-8-16(19-9-12)24(18,22)23/h3-9,11,14H,10H2,1-2H3,(H2,18,22,23). The van der Waals surface area contributed by atoms with E-state index in [0.717, 1.165) is 11.3 Å². The predicted molar refractivity (Wildman–Crippen MR) is 91.3 cm³/mol. The largest absolute Gasteiger partial charge is 0.307 e. The number of benzene rings is 1. The van der Waals surface area contributed by atoms with Gasteiger partial charge in [-0.05, 0) is 29.7 Å². The number of nitrogens with zero attached hydrogens (tertiary/aromatic N) is 2. The molecule has 0 fully saturated rings. The number of amides is 1. The number of nitrogens with two attached hydrogens (primary N) is 1. The highest BCUT2D eigenvalue weighted by atomic mass is 32.2. The molecule has 1 aromatic heterocycles. The summed E-state index contributed by atoms with van der Waals surface area (Å²) in [6.07, 6.45) is 1.26. The minimum Gasteiger partial charge on any atom is -0.307 e. The van der Waals surface area contributed by atoms with Crippen LogP contribution in [0.3, 0.4) is 0 Å². The Bertz CT molecular complexity index is 876. The minimum atomic E-state index is -3.87. The molecule has 1 aromatic carbocycles. The van der Waals surface area contributed by atoms with E-state index in [-0.39, 0.29) is 16.9 Å². The van der Waals surface area contributed by atoms with Crippen molar-refractivity contribution in [1.29, 1.82) is 0 Å². The molecule has 2 heterocycles. The van der Waals surface area contributed by atoms with Gasteiger partial charge in [0.2, 0.25) is 0 Å². The molecule has 0 saturated carbocycles. The Morgan fingerprint density at radius 2 is 1.96 bits per heavy atom. The van der Waals surface area contributed by atoms with Gasteiger partial charge in [-0.25, -0.2) is 18.5 Å². The van der Waals surface area contributed by atoms with Crippen molar-refractivity contribution in [3.8, 4) is 0 Å². The van der Waals surface area contributed by atoms with Gasteiger partial charge in [0.1, 0.15) is 0 Å². The van der Waals surface area contributed by atoms with E-state index in [2.05, 4.69) is 24.9 Å². The Morgan fingerprint density at radius 3 is 2.54 bits per heavy atom. The number of hydrogen-bond donors (Lipinski definition) is 1. The summed E-state index contributed by atoms with van der Waals surface area (Å²) in [5.74, 6) is 0.493. The number of para-hydroxylation sites is 1. The van der Waals surface area contributed by atoms with Crippen molar-refractivity contribution in [2.45, 2.75) is 24.8 Å². The maximum atomic E-state index is 12.8. The van der Waals surface area contributed by atoms with Crippen molar-refractivity contribution in [3.63, 3.8) is 0 Å². The molecule has 126 valence electrons. The van der Waals surface area contributed by atoms with E-state index in [1.165, 1.54) is 18.3 Å². The van der Waals surface area contributed by atoms with Crippen LogP contribution in [0.5, 0.6) is 0 Å². The average molecular weight is 345 g/mol. The predicted octanol–water partition coefficient (Wildman–Crippen LogP) is 2.13. The first-order valence-electron chi connectivity index (χ1n) is 7.68. The van der Waals surface area contributed by atoms with E-state index in [9.17, 15) is 13.2 Å². The topological polar surface area (TPSA) is 93.4 Å². The molecule has 1 atom stereocenters. The van der Waals surface area contributed by atoms with Crippen LogP contribution in [0.2, 0.25) is 0 Å². The quantitative estimate of drug-likeness (QED) is 0.922. The monoisotopic (exact) mass is 345 g/mol. The Kier molecular flexibility index (Phi) is 4.15. The lowest BCUT2D eigenvalue weighted by molar-refractivity contribution is 0.0987. The molecular formula is C17H19N3O3S. The molecule has 1 aliphatic rings. The molecule has 0 spiro atoms. The van der Waals surface area contributed by atoms with Crippen LogP contribution < -0.4 is 10.0 Å². The van der Waals surface area contributed by atoms with Crippen molar-refractivity contribution in [3.05, 3.63) is 53.7 Å². The Balaban J connectivity index is 1.94. The second-order valence-corrected chi connectivity index (χ2v) is 7.76. The van der Waals surface area contributed by atoms with Crippen LogP contribution >= 0.6 is 0 Å². The fourth-order valence-electron chi connectivity index (χ4n) is 3.03. The van der Waals surface area contributed by atoms with Crippen LogP contribution in [-0.2, 0) is 10.0 Å². The summed E-state index contributed by atoms with van der Waals surface area (Å²) in [6, 6.07) is 10.6. The number of pyridine rings is 1. The number of aromatic nitrogens is 1. The molecule has 24 heavy (non-hydrogen) atoms. The summed E-state index contributed by atoms with van der Waals surface area (Å²) in [7, 11) is -3.87. The van der Waals surface area contributed by atoms with Gasteiger partial charge in [-0.1, -0.05) is 32.0 Å². The zero-order valence-corrected chi connectivity index (χ0v) is 14.3. The molecule has 0 radical (unpaired) electrons. The van der Waals surface area contributed by atoms with Crippen molar-refractivity contribution >= 4 is 21.6 Å². The number of rotatable bonds is 3. The smallest absolute Gasteiger partial charge is 0.259 e. The van der Waals surface area contributed by atoms with E-state index >= 15 is 0 Å². The molecular weight excluding hydrogens is 326 g/mol. The number of carbonyl (C=O) groups excluding carboxylic acids is 1. The van der Waals surface area contributed by atoms with Crippen LogP contribution in [0.4, 0.5) is 5.69 Å². The molecule has 0 bridgehead atoms. The third kappa shape index (κ3) is 2.92. The zero-order valence-electron chi connectivity index (χ0n) is 13.5. The Hall–Kier alpha value is -2.25. The van der Waals surface area contributed by atoms with Crippen LogP contribution in [-0.4, -0.2) is 25.9 Å². The van der Waals surface area contributed by atoms with Crippen molar-refractivity contribution in [2.24, 2.45) is 11.1 Å². The van der Waals surface area contributed by atoms with E-state index in [4.69, 9.17) is 5.14 Å². The fourth-order valence-corrected chi connectivity index (χ4v) is 3.49. The Morgan fingerprint density at radius 1 is 1.25 bits per heavy atom. The molecule has 7 heteroatoms. The zero-order chi connectivity index (χ0) is 17.5. The molecule has 3 rings (SSSR count). The van der Waals surface area contributed by atoms with Crippen LogP contribution in [0.15, 0.2) is 47.6 Å². The average Bonchev–Trinajstić information content (AvgIpc) is 2.93. The number of sulfonamides is 1. The van der Waals surface area contributed by atoms with Gasteiger partial charge in [-0.15, -0.1) is 0 Å². The van der Waals surface area contributed by atoms with Gasteiger partial charge in [0.15, 0.2) is 5.03 Å². The van der Waals surface area contributed by atoms with E-state index in [1.807, 2.05) is 18.2 Å². The second-order valence-electron chi connectivity index (χ2n) is 6.26. The van der Waals surface area contributed by atoms with Crippen LogP contribution in [0, 0.1) is 5.92 Å². The summed E-state index contributed by atoms with van der Waals surface area (Å²) in [6.45, 7) is 4.88. The first kappa shape index (κ1) is 16.6. The van der Waals surface area contributed by atoms with Crippen molar-refractivity contribution < 1.29 is 13.2 Å². The molecule has 6 nitrogen and oxygen atoms in total. The maximum Gasteiger partial charge on any atom is 0.259 e. The highest BCUT2D eigenvalue weighted by Gasteiger charge is 2.34. The second kappa shape index (κ2) is 5.99. The highest BCUT2D eigenvalue weighted by Crippen LogP contribution is 2.40. The lowest BCUT2D eigenvalue weighted by Crippen LogP contribution is -2.30. The first-order chi connectivity index (χ1) is 11.3. The SMILES string of the molecule is CC(C)C1CN(C(=O)c2ccc(S(N)(=O)=O)nc2)c2ccccc21. The van der Waals surface area contributed by atoms with Gasteiger partial charge in [0, 0.05) is 24.3 Å². The van der Waals surface area contributed by atoms with Crippen LogP contribution in [0.1, 0.15) is 35.7 Å². The number of fused-ring (bicyclic) bond motifs is 1. The van der Waals surface area contributed by atoms with Crippen molar-refractivity contribution in [2.75, 3.05) is 11.4 Å². The van der Waals surface area contributed by atoms with Gasteiger partial charge < -0.3 is 4.90 Å². The van der Waals surface area contributed by atoms with Gasteiger partial charge in [0.25, 0.3) is 15.9 Å². The third-order valence-electron chi connectivity index (χ3n) is 4.33. The molecule has 0 aliphatic carbocycles. The van der Waals surface area contributed by atoms with E-state index < -0.39 is 10.0 Å². The highest BCUT2D eigenvalue weighted by molar-refractivity contribution is 7.89. The summed E-state index contributed by atoms with van der Waals surface area (Å²) < 4.78 is 22.5. The summed E-state index contributed by atoms with van der Waals surface area (Å²) >= 11 is 0. The summed E-state index contributed by atoms with van der Waals surface area (Å²) in [4.78, 5) is 18.4. The van der Waals surface area contributed by atoms with Crippen LogP contribution in [0.25, 0.3) is 0 Å². The fraction of sp³-hybridized carbons (Fsp3) is 0.294. The summed E-state index contributed by atoms with van der Waals surface area (Å²) in [5.41, 5.74) is 2.40. The van der Waals surface area contributed by atoms with Gasteiger partial charge in [-0.3, -0.25) is 4.79 Å². The number of primary sulfonamides is 1. The minimum absolute atomic E-state index is 0.195. The van der Waals surface area contributed by atoms with E-state index in [0.29, 0.717) is 18.0 Å². The van der Waals surface area contributed by atoms with E-state index in [1.54, 1.807) is 4.90 Å². The number of anilines is 1. The van der Waals surface area contributed by atoms with Gasteiger partial charge >= 0.3 is 0 Å². The Labute approximate surface area is 141 Å². The van der Waals surface area contributed by atoms with Gasteiger partial charge in [-0.2, -0.15) is 0 Å². The molecule has 2 N–H and O–H groups in total. The normalized spacial score (nSPS) is 17.2. The molecule has 0 saturated heterocycles. The molecule has 1 amide bonds. The van der Waals surface area contributed by atoms with Gasteiger partial charge in [0.05, 0.1) is 5.56 Å². The number of hydrogen-bond acceptors (Lipinski definition) is 4.